The highest BCUT2D eigenvalue weighted by molar-refractivity contribution is 6.25. The number of benzene rings is 9. The maximum Gasteiger partial charge on any atom is 0.187 e. The van der Waals surface area contributed by atoms with Gasteiger partial charge in [0.25, 0.3) is 0 Å². The minimum atomic E-state index is 0.532. The highest BCUT2D eigenvalue weighted by atomic mass is 14.8. The molecule has 2 N–H and O–H groups in total. The molecule has 9 aromatic carbocycles. The molecule has 3 nitrogen and oxygen atoms in total. The lowest BCUT2D eigenvalue weighted by molar-refractivity contribution is 1.06. The van der Waals surface area contributed by atoms with Crippen LogP contribution in [0.1, 0.15) is 11.1 Å². The largest absolute Gasteiger partial charge is 0.383 e. The Morgan fingerprint density at radius 1 is 0.442 bits per heavy atom. The molecule has 0 radical (unpaired) electrons. The number of fused-ring (bicyclic) bond motifs is 6. The highest BCUT2D eigenvalue weighted by Crippen LogP contribution is 2.44. The molecule has 0 saturated carbocycles. The van der Waals surface area contributed by atoms with Crippen LogP contribution in [0.5, 0.6) is 0 Å². The SMILES string of the molecule is [C-]#[N+]c1ccc(-c2ccc(-c3cc4c5ccccc5c(-c5cccc(C(N)=NCc6ccccc6)c5)cc4c4ccccc34)c3ccccc23)cc1. The van der Waals surface area contributed by atoms with Gasteiger partial charge in [0, 0.05) is 5.56 Å². The maximum atomic E-state index is 7.38. The number of hydrogen-bond donors (Lipinski definition) is 1. The number of rotatable bonds is 6. The second kappa shape index (κ2) is 13.0. The zero-order chi connectivity index (χ0) is 35.0. The molecular formula is C49H33N3. The number of amidine groups is 1. The van der Waals surface area contributed by atoms with Crippen LogP contribution in [0.15, 0.2) is 181 Å². The van der Waals surface area contributed by atoms with Crippen molar-refractivity contribution in [3.8, 4) is 33.4 Å². The molecule has 0 atom stereocenters. The average molecular weight is 664 g/mol. The summed E-state index contributed by atoms with van der Waals surface area (Å²) in [6.07, 6.45) is 0. The Morgan fingerprint density at radius 3 is 1.63 bits per heavy atom. The van der Waals surface area contributed by atoms with Gasteiger partial charge in [-0.15, -0.1) is 0 Å². The second-order valence-electron chi connectivity index (χ2n) is 13.2. The van der Waals surface area contributed by atoms with E-state index in [9.17, 15) is 0 Å². The zero-order valence-electron chi connectivity index (χ0n) is 28.4. The van der Waals surface area contributed by atoms with Gasteiger partial charge in [-0.2, -0.15) is 0 Å². The Hall–Kier alpha value is -7.02. The highest BCUT2D eigenvalue weighted by Gasteiger charge is 2.17. The predicted molar refractivity (Wildman–Crippen MR) is 220 cm³/mol. The van der Waals surface area contributed by atoms with Gasteiger partial charge in [0.15, 0.2) is 5.69 Å². The van der Waals surface area contributed by atoms with E-state index < -0.39 is 0 Å². The number of nitrogens with zero attached hydrogens (tertiary/aromatic N) is 2. The summed E-state index contributed by atoms with van der Waals surface area (Å²) < 4.78 is 0. The van der Waals surface area contributed by atoms with Gasteiger partial charge >= 0.3 is 0 Å². The molecule has 0 heterocycles. The summed E-state index contributed by atoms with van der Waals surface area (Å²) in [5.74, 6) is 0.532. The topological polar surface area (TPSA) is 42.7 Å². The molecule has 0 spiro atoms. The molecule has 52 heavy (non-hydrogen) atoms. The predicted octanol–water partition coefficient (Wildman–Crippen LogP) is 12.8. The lowest BCUT2D eigenvalue weighted by Gasteiger charge is -2.18. The van der Waals surface area contributed by atoms with E-state index in [4.69, 9.17) is 17.3 Å². The van der Waals surface area contributed by atoms with Gasteiger partial charge in [-0.1, -0.05) is 158 Å². The van der Waals surface area contributed by atoms with Crippen molar-refractivity contribution in [2.75, 3.05) is 0 Å². The fraction of sp³-hybridized carbons (Fsp3) is 0.0204. The number of aliphatic imine (C=N–C) groups is 1. The van der Waals surface area contributed by atoms with E-state index in [0.29, 0.717) is 18.1 Å². The first-order valence-corrected chi connectivity index (χ1v) is 17.5. The van der Waals surface area contributed by atoms with E-state index in [2.05, 4.69) is 132 Å². The van der Waals surface area contributed by atoms with Crippen molar-refractivity contribution in [1.29, 1.82) is 0 Å². The summed E-state index contributed by atoms with van der Waals surface area (Å²) in [4.78, 5) is 8.31. The summed E-state index contributed by atoms with van der Waals surface area (Å²) in [6.45, 7) is 7.92. The molecule has 0 saturated heterocycles. The van der Waals surface area contributed by atoms with Gasteiger partial charge in [0.1, 0.15) is 5.84 Å². The van der Waals surface area contributed by atoms with E-state index in [1.165, 1.54) is 54.2 Å². The van der Waals surface area contributed by atoms with Crippen molar-refractivity contribution in [3.05, 3.63) is 198 Å². The van der Waals surface area contributed by atoms with E-state index >= 15 is 0 Å². The quantitative estimate of drug-likeness (QED) is 0.0818. The van der Waals surface area contributed by atoms with Crippen LogP contribution in [-0.4, -0.2) is 5.84 Å². The Kier molecular flexibility index (Phi) is 7.76. The maximum absolute atomic E-state index is 7.38. The smallest absolute Gasteiger partial charge is 0.187 e. The van der Waals surface area contributed by atoms with Crippen molar-refractivity contribution in [3.63, 3.8) is 0 Å². The van der Waals surface area contributed by atoms with E-state index in [0.717, 1.165) is 33.4 Å². The average Bonchev–Trinajstić information content (AvgIpc) is 3.22. The van der Waals surface area contributed by atoms with Crippen LogP contribution < -0.4 is 5.73 Å². The van der Waals surface area contributed by atoms with Crippen LogP contribution in [0.2, 0.25) is 0 Å². The van der Waals surface area contributed by atoms with Gasteiger partial charge in [0.2, 0.25) is 0 Å². The van der Waals surface area contributed by atoms with Gasteiger partial charge in [-0.3, -0.25) is 4.99 Å². The third-order valence-electron chi connectivity index (χ3n) is 10.1. The van der Waals surface area contributed by atoms with Crippen LogP contribution in [-0.2, 0) is 6.54 Å². The van der Waals surface area contributed by atoms with Crippen LogP contribution in [0.3, 0.4) is 0 Å². The van der Waals surface area contributed by atoms with Gasteiger partial charge in [-0.25, -0.2) is 4.85 Å². The molecule has 0 fully saturated rings. The minimum absolute atomic E-state index is 0.532. The zero-order valence-corrected chi connectivity index (χ0v) is 28.4. The standard InChI is InChI=1S/C49H33N3/c1-51-36-24-22-33(23-25-36)37-26-27-44(39-17-6-5-16-38(37)39)46-30-48-41-19-8-7-18-40(41)45(29-47(48)43-21-10-9-20-42(43)46)34-14-11-15-35(28-34)49(50)52-31-32-12-3-2-4-13-32/h2-30H,31H2,(H2,50,52). The lowest BCUT2D eigenvalue weighted by Crippen LogP contribution is -2.13. The van der Waals surface area contributed by atoms with Crippen molar-refractivity contribution >= 4 is 54.6 Å². The van der Waals surface area contributed by atoms with E-state index in [-0.39, 0.29) is 0 Å². The van der Waals surface area contributed by atoms with Gasteiger partial charge in [0.05, 0.1) is 13.1 Å². The van der Waals surface area contributed by atoms with E-state index in [1.807, 2.05) is 48.5 Å². The molecule has 0 bridgehead atoms. The number of nitrogens with two attached hydrogens (primary N) is 1. The monoisotopic (exact) mass is 663 g/mol. The van der Waals surface area contributed by atoms with Crippen molar-refractivity contribution < 1.29 is 0 Å². The van der Waals surface area contributed by atoms with Crippen LogP contribution in [0, 0.1) is 6.57 Å². The summed E-state index contributed by atoms with van der Waals surface area (Å²) in [5.41, 5.74) is 16.2. The molecule has 0 unspecified atom stereocenters. The Balaban J connectivity index is 1.23. The Labute approximate surface area is 302 Å². The second-order valence-corrected chi connectivity index (χ2v) is 13.2. The Bertz CT molecular complexity index is 2880. The third kappa shape index (κ3) is 5.44. The van der Waals surface area contributed by atoms with Crippen LogP contribution in [0.4, 0.5) is 5.69 Å². The molecule has 0 aliphatic carbocycles. The number of hydrogen-bond acceptors (Lipinski definition) is 1. The first kappa shape index (κ1) is 31.0. The summed E-state index contributed by atoms with van der Waals surface area (Å²) >= 11 is 0. The first-order chi connectivity index (χ1) is 25.7. The molecule has 0 aliphatic rings. The molecule has 9 aromatic rings. The molecule has 0 aliphatic heterocycles. The van der Waals surface area contributed by atoms with Gasteiger partial charge < -0.3 is 5.73 Å². The molecular weight excluding hydrogens is 631 g/mol. The summed E-state index contributed by atoms with van der Waals surface area (Å²) in [5, 5.41) is 9.64. The minimum Gasteiger partial charge on any atom is -0.383 e. The summed E-state index contributed by atoms with van der Waals surface area (Å²) in [7, 11) is 0. The molecule has 244 valence electrons. The third-order valence-corrected chi connectivity index (χ3v) is 10.1. The van der Waals surface area contributed by atoms with Crippen molar-refractivity contribution in [1.82, 2.24) is 0 Å². The van der Waals surface area contributed by atoms with Crippen LogP contribution in [0.25, 0.3) is 81.3 Å². The van der Waals surface area contributed by atoms with E-state index in [1.54, 1.807) is 0 Å². The van der Waals surface area contributed by atoms with Crippen molar-refractivity contribution in [2.45, 2.75) is 6.54 Å². The van der Waals surface area contributed by atoms with Crippen LogP contribution >= 0.6 is 0 Å². The molecule has 3 heteroatoms. The fourth-order valence-corrected chi connectivity index (χ4v) is 7.61. The van der Waals surface area contributed by atoms with Crippen molar-refractivity contribution in [2.24, 2.45) is 10.7 Å². The molecule has 0 aromatic heterocycles. The lowest BCUT2D eigenvalue weighted by atomic mass is 9.85. The normalized spacial score (nSPS) is 11.7. The summed E-state index contributed by atoms with van der Waals surface area (Å²) in [6, 6.07) is 61.9. The molecule has 0 amide bonds. The fourth-order valence-electron chi connectivity index (χ4n) is 7.61. The first-order valence-electron chi connectivity index (χ1n) is 17.5. The molecule has 9 rings (SSSR count). The Morgan fingerprint density at radius 2 is 0.981 bits per heavy atom. The van der Waals surface area contributed by atoms with Gasteiger partial charge in [-0.05, 0) is 100 Å².